The van der Waals surface area contributed by atoms with Crippen LogP contribution in [0.3, 0.4) is 0 Å². The molecule has 2 N–H and O–H groups in total. The van der Waals surface area contributed by atoms with Gasteiger partial charge in [0.05, 0.1) is 23.3 Å². The zero-order valence-electron chi connectivity index (χ0n) is 21.7. The molecule has 0 atom stereocenters. The summed E-state index contributed by atoms with van der Waals surface area (Å²) in [6, 6.07) is 6.26. The third-order valence-corrected chi connectivity index (χ3v) is 7.43. The van der Waals surface area contributed by atoms with Crippen molar-refractivity contribution in [2.75, 3.05) is 34.2 Å². The average molecular weight is 558 g/mol. The Bertz CT molecular complexity index is 1280. The van der Waals surface area contributed by atoms with Crippen molar-refractivity contribution in [2.24, 2.45) is 0 Å². The molecule has 36 heavy (non-hydrogen) atoms. The predicted molar refractivity (Wildman–Crippen MR) is 147 cm³/mol. The molecule has 2 aromatic heterocycles. The number of aromatic nitrogens is 3. The molecule has 1 amide bonds. The highest BCUT2D eigenvalue weighted by Crippen LogP contribution is 2.33. The highest BCUT2D eigenvalue weighted by Gasteiger charge is 2.22. The highest BCUT2D eigenvalue weighted by molar-refractivity contribution is 9.10. The number of pyridine rings is 1. The lowest BCUT2D eigenvalue weighted by atomic mass is 10.1. The van der Waals surface area contributed by atoms with E-state index in [1.54, 1.807) is 6.20 Å². The first-order valence-corrected chi connectivity index (χ1v) is 13.5. The fraction of sp³-hybridized carbons (Fsp3) is 0.519. The number of hydrogen-bond donors (Lipinski definition) is 2. The van der Waals surface area contributed by atoms with Crippen molar-refractivity contribution < 1.29 is 4.79 Å². The Balaban J connectivity index is 1.52. The van der Waals surface area contributed by atoms with Gasteiger partial charge in [0, 0.05) is 34.2 Å². The fourth-order valence-corrected chi connectivity index (χ4v) is 5.59. The van der Waals surface area contributed by atoms with Crippen molar-refractivity contribution >= 4 is 32.7 Å². The van der Waals surface area contributed by atoms with E-state index in [4.69, 9.17) is 0 Å². The number of carbonyl (C=O) groups is 1. The first kappa shape index (κ1) is 26.6. The van der Waals surface area contributed by atoms with Crippen LogP contribution in [-0.4, -0.2) is 64.7 Å². The number of fused-ring (bicyclic) bond motifs is 1. The molecule has 1 fully saturated rings. The zero-order valence-corrected chi connectivity index (χ0v) is 23.3. The van der Waals surface area contributed by atoms with E-state index in [0.717, 1.165) is 59.0 Å². The number of nitrogens with zero attached hydrogens (tertiary/aromatic N) is 4. The first-order chi connectivity index (χ1) is 17.2. The third kappa shape index (κ3) is 6.25. The molecule has 1 saturated carbocycles. The quantitative estimate of drug-likeness (QED) is 0.390. The maximum Gasteiger partial charge on any atom is 0.253 e. The molecule has 3 aromatic rings. The number of H-pyrrole nitrogens is 1. The van der Waals surface area contributed by atoms with Crippen LogP contribution >= 0.6 is 15.9 Å². The van der Waals surface area contributed by atoms with E-state index >= 15 is 0 Å². The van der Waals surface area contributed by atoms with E-state index in [9.17, 15) is 9.59 Å². The Morgan fingerprint density at radius 3 is 2.67 bits per heavy atom. The summed E-state index contributed by atoms with van der Waals surface area (Å²) in [5, 5.41) is 8.48. The van der Waals surface area contributed by atoms with Crippen LogP contribution in [0.15, 0.2) is 33.7 Å². The Hall–Kier alpha value is -2.49. The van der Waals surface area contributed by atoms with Crippen molar-refractivity contribution in [1.82, 2.24) is 29.9 Å². The second kappa shape index (κ2) is 11.7. The number of benzene rings is 1. The molecule has 0 aliphatic heterocycles. The molecule has 0 bridgehead atoms. The summed E-state index contributed by atoms with van der Waals surface area (Å²) in [5.74, 6) is -0.211. The molecular formula is C27H37BrN6O2. The van der Waals surface area contributed by atoms with Gasteiger partial charge >= 0.3 is 0 Å². The van der Waals surface area contributed by atoms with Crippen molar-refractivity contribution in [2.45, 2.75) is 58.2 Å². The van der Waals surface area contributed by atoms with Crippen LogP contribution in [0.4, 0.5) is 0 Å². The number of nitrogens with one attached hydrogen (secondary N) is 2. The van der Waals surface area contributed by atoms with Crippen LogP contribution in [0, 0.1) is 6.92 Å². The van der Waals surface area contributed by atoms with Gasteiger partial charge in [0.15, 0.2) is 0 Å². The van der Waals surface area contributed by atoms with Gasteiger partial charge in [-0.3, -0.25) is 14.3 Å². The molecular weight excluding hydrogens is 520 g/mol. The van der Waals surface area contributed by atoms with E-state index in [-0.39, 0.29) is 18.0 Å². The van der Waals surface area contributed by atoms with Crippen LogP contribution in [0.5, 0.6) is 0 Å². The summed E-state index contributed by atoms with van der Waals surface area (Å²) >= 11 is 3.58. The molecule has 9 heteroatoms. The van der Waals surface area contributed by atoms with Crippen molar-refractivity contribution in [3.63, 3.8) is 0 Å². The Morgan fingerprint density at radius 1 is 1.19 bits per heavy atom. The molecule has 8 nitrogen and oxygen atoms in total. The largest absolute Gasteiger partial charge is 0.348 e. The Kier molecular flexibility index (Phi) is 8.64. The lowest BCUT2D eigenvalue weighted by molar-refractivity contribution is 0.0952. The molecule has 1 aliphatic rings. The van der Waals surface area contributed by atoms with E-state index in [2.05, 4.69) is 67.0 Å². The Morgan fingerprint density at radius 2 is 1.94 bits per heavy atom. The van der Waals surface area contributed by atoms with Crippen molar-refractivity contribution in [3.8, 4) is 0 Å². The lowest BCUT2D eigenvalue weighted by Crippen LogP contribution is -2.30. The monoisotopic (exact) mass is 556 g/mol. The second-order valence-electron chi connectivity index (χ2n) is 10.3. The standard InChI is InChI=1S/C27H37BrN6O2/c1-18-12-19(17-33(4)11-7-10-32(2)3)23(27(36)31-18)15-29-26(35)22-13-20(28)14-25-24(22)16-30-34(25)21-8-5-6-9-21/h12-14,16,21H,5-11,15,17H2,1-4H3,(H,29,35)(H,31,36). The summed E-state index contributed by atoms with van der Waals surface area (Å²) < 4.78 is 2.91. The summed E-state index contributed by atoms with van der Waals surface area (Å²) in [6.45, 7) is 4.65. The Labute approximate surface area is 221 Å². The normalized spacial score (nSPS) is 14.4. The number of halogens is 1. The summed E-state index contributed by atoms with van der Waals surface area (Å²) in [5.41, 5.74) is 3.74. The summed E-state index contributed by atoms with van der Waals surface area (Å²) in [7, 11) is 6.20. The number of rotatable bonds is 10. The van der Waals surface area contributed by atoms with E-state index < -0.39 is 0 Å². The maximum atomic E-state index is 13.3. The average Bonchev–Trinajstić information content (AvgIpc) is 3.47. The number of amides is 1. The molecule has 2 heterocycles. The minimum Gasteiger partial charge on any atom is -0.348 e. The van der Waals surface area contributed by atoms with Gasteiger partial charge in [0.2, 0.25) is 0 Å². The molecule has 1 aromatic carbocycles. The van der Waals surface area contributed by atoms with Crippen molar-refractivity contribution in [3.05, 3.63) is 61.6 Å². The van der Waals surface area contributed by atoms with Crippen LogP contribution in [0.2, 0.25) is 0 Å². The lowest BCUT2D eigenvalue weighted by Gasteiger charge is -2.20. The molecule has 194 valence electrons. The topological polar surface area (TPSA) is 86.3 Å². The van der Waals surface area contributed by atoms with E-state index in [1.165, 1.54) is 12.8 Å². The first-order valence-electron chi connectivity index (χ1n) is 12.7. The summed E-state index contributed by atoms with van der Waals surface area (Å²) in [4.78, 5) is 33.5. The van der Waals surface area contributed by atoms with Gasteiger partial charge in [-0.15, -0.1) is 0 Å². The van der Waals surface area contributed by atoms with Crippen molar-refractivity contribution in [1.29, 1.82) is 0 Å². The smallest absolute Gasteiger partial charge is 0.253 e. The number of hydrogen-bond acceptors (Lipinski definition) is 5. The van der Waals surface area contributed by atoms with E-state index in [0.29, 0.717) is 23.7 Å². The van der Waals surface area contributed by atoms with Gasteiger partial charge in [0.25, 0.3) is 11.5 Å². The summed E-state index contributed by atoms with van der Waals surface area (Å²) in [6.07, 6.45) is 7.50. The minimum atomic E-state index is -0.211. The zero-order chi connectivity index (χ0) is 25.8. The highest BCUT2D eigenvalue weighted by atomic mass is 79.9. The van der Waals surface area contributed by atoms with Gasteiger partial charge in [-0.1, -0.05) is 28.8 Å². The van der Waals surface area contributed by atoms with Crippen LogP contribution in [-0.2, 0) is 13.1 Å². The van der Waals surface area contributed by atoms with Gasteiger partial charge in [-0.2, -0.15) is 5.10 Å². The molecule has 0 radical (unpaired) electrons. The maximum absolute atomic E-state index is 13.3. The molecule has 4 rings (SSSR count). The minimum absolute atomic E-state index is 0.152. The van der Waals surface area contributed by atoms with E-state index in [1.807, 2.05) is 25.1 Å². The van der Waals surface area contributed by atoms with Gasteiger partial charge in [-0.05, 0) is 84.2 Å². The number of aryl methyl sites for hydroxylation is 1. The number of aromatic amines is 1. The van der Waals surface area contributed by atoms with Crippen LogP contribution in [0.1, 0.15) is 65.3 Å². The third-order valence-electron chi connectivity index (χ3n) is 6.97. The SMILES string of the molecule is Cc1cc(CN(C)CCCN(C)C)c(CNC(=O)c2cc(Br)cc3c2cnn3C2CCCC2)c(=O)[nH]1. The predicted octanol–water partition coefficient (Wildman–Crippen LogP) is 4.22. The molecule has 0 unspecified atom stereocenters. The van der Waals surface area contributed by atoms with Gasteiger partial charge < -0.3 is 20.1 Å². The molecule has 0 spiro atoms. The molecule has 0 saturated heterocycles. The second-order valence-corrected chi connectivity index (χ2v) is 11.2. The van der Waals surface area contributed by atoms with Crippen LogP contribution < -0.4 is 10.9 Å². The van der Waals surface area contributed by atoms with Crippen LogP contribution in [0.25, 0.3) is 10.9 Å². The van der Waals surface area contributed by atoms with Gasteiger partial charge in [0.1, 0.15) is 0 Å². The van der Waals surface area contributed by atoms with Gasteiger partial charge in [-0.25, -0.2) is 0 Å². The molecule has 1 aliphatic carbocycles. The number of carbonyl (C=O) groups excluding carboxylic acids is 1. The fourth-order valence-electron chi connectivity index (χ4n) is 5.15.